The molecule has 1 aromatic carbocycles. The molecule has 0 aliphatic heterocycles. The van der Waals surface area contributed by atoms with Crippen molar-refractivity contribution in [2.45, 2.75) is 6.92 Å². The number of hydrogen-bond acceptors (Lipinski definition) is 3. The van der Waals surface area contributed by atoms with E-state index in [0.717, 1.165) is 16.8 Å². The van der Waals surface area contributed by atoms with Crippen molar-refractivity contribution in [3.05, 3.63) is 48.2 Å². The molecule has 0 radical (unpaired) electrons. The summed E-state index contributed by atoms with van der Waals surface area (Å²) in [5, 5.41) is 0. The maximum Gasteiger partial charge on any atom is 0.228 e. The van der Waals surface area contributed by atoms with Crippen LogP contribution in [0.5, 0.6) is 0 Å². The van der Waals surface area contributed by atoms with Gasteiger partial charge in [-0.25, -0.2) is 4.98 Å². The predicted octanol–water partition coefficient (Wildman–Crippen LogP) is 3.20. The van der Waals surface area contributed by atoms with Crippen LogP contribution in [0.2, 0.25) is 0 Å². The second-order valence-corrected chi connectivity index (χ2v) is 3.66. The highest BCUT2D eigenvalue weighted by Gasteiger charge is 2.08. The van der Waals surface area contributed by atoms with Gasteiger partial charge in [-0.15, -0.1) is 0 Å². The van der Waals surface area contributed by atoms with Crippen LogP contribution in [0, 0.1) is 6.92 Å². The fraction of sp³-hybridized carbons (Fsp3) is 0.0769. The Morgan fingerprint density at radius 3 is 2.56 bits per heavy atom. The molecule has 3 aromatic rings. The summed E-state index contributed by atoms with van der Waals surface area (Å²) in [5.74, 6) is 0.619. The lowest BCUT2D eigenvalue weighted by molar-refractivity contribution is 0.619. The van der Waals surface area contributed by atoms with Crippen molar-refractivity contribution in [1.29, 1.82) is 0 Å². The van der Waals surface area contributed by atoms with E-state index in [9.17, 15) is 0 Å². The van der Waals surface area contributed by atoms with Gasteiger partial charge in [-0.1, -0.05) is 18.2 Å². The van der Waals surface area contributed by atoms with Crippen LogP contribution in [0.1, 0.15) is 5.69 Å². The first-order valence-corrected chi connectivity index (χ1v) is 5.12. The zero-order chi connectivity index (χ0) is 11.0. The first-order chi connectivity index (χ1) is 7.83. The van der Waals surface area contributed by atoms with Crippen LogP contribution in [0.4, 0.5) is 0 Å². The van der Waals surface area contributed by atoms with E-state index in [1.54, 1.807) is 0 Å². The highest BCUT2D eigenvalue weighted by molar-refractivity contribution is 5.72. The molecule has 0 amide bonds. The molecular weight excluding hydrogens is 200 g/mol. The first kappa shape index (κ1) is 9.09. The summed E-state index contributed by atoms with van der Waals surface area (Å²) in [6.07, 6.45) is 0. The molecule has 0 aliphatic rings. The Morgan fingerprint density at radius 2 is 1.75 bits per heavy atom. The Labute approximate surface area is 92.8 Å². The topological polar surface area (TPSA) is 38.9 Å². The van der Waals surface area contributed by atoms with Crippen molar-refractivity contribution in [2.75, 3.05) is 0 Å². The van der Waals surface area contributed by atoms with Gasteiger partial charge in [-0.3, -0.25) is 0 Å². The van der Waals surface area contributed by atoms with Gasteiger partial charge in [0.25, 0.3) is 0 Å². The molecule has 0 saturated carbocycles. The van der Waals surface area contributed by atoms with E-state index in [2.05, 4.69) is 9.97 Å². The lowest BCUT2D eigenvalue weighted by atomic mass is 10.2. The molecule has 0 aliphatic carbocycles. The van der Waals surface area contributed by atoms with Gasteiger partial charge in [-0.05, 0) is 31.2 Å². The molecule has 0 unspecified atom stereocenters. The molecule has 78 valence electrons. The molecule has 2 aromatic heterocycles. The van der Waals surface area contributed by atoms with Crippen molar-refractivity contribution in [2.24, 2.45) is 0 Å². The second kappa shape index (κ2) is 3.45. The van der Waals surface area contributed by atoms with Gasteiger partial charge in [0.1, 0.15) is 0 Å². The Kier molecular flexibility index (Phi) is 1.96. The van der Waals surface area contributed by atoms with Crippen LogP contribution in [0.25, 0.3) is 22.7 Å². The molecule has 0 spiro atoms. The van der Waals surface area contributed by atoms with Gasteiger partial charge in [0, 0.05) is 11.3 Å². The number of nitrogens with zero attached hydrogens (tertiary/aromatic N) is 2. The van der Waals surface area contributed by atoms with E-state index in [0.29, 0.717) is 11.5 Å². The molecule has 0 bridgehead atoms. The van der Waals surface area contributed by atoms with Crippen molar-refractivity contribution in [3.8, 4) is 11.5 Å². The molecule has 16 heavy (non-hydrogen) atoms. The normalized spacial score (nSPS) is 10.8. The highest BCUT2D eigenvalue weighted by Crippen LogP contribution is 2.22. The SMILES string of the molecule is Cc1ccc2oc(-c3ccccc3)nc2n1. The Morgan fingerprint density at radius 1 is 0.938 bits per heavy atom. The van der Waals surface area contributed by atoms with Crippen LogP contribution in [0.15, 0.2) is 46.9 Å². The summed E-state index contributed by atoms with van der Waals surface area (Å²) in [7, 11) is 0. The molecular formula is C13H10N2O. The third-order valence-electron chi connectivity index (χ3n) is 2.41. The molecule has 0 atom stereocenters. The van der Waals surface area contributed by atoms with Crippen molar-refractivity contribution in [3.63, 3.8) is 0 Å². The van der Waals surface area contributed by atoms with Crippen molar-refractivity contribution < 1.29 is 4.42 Å². The summed E-state index contributed by atoms with van der Waals surface area (Å²) >= 11 is 0. The van der Waals surface area contributed by atoms with Gasteiger partial charge < -0.3 is 4.42 Å². The van der Waals surface area contributed by atoms with Crippen LogP contribution >= 0.6 is 0 Å². The molecule has 0 fully saturated rings. The van der Waals surface area contributed by atoms with E-state index in [1.807, 2.05) is 49.4 Å². The monoisotopic (exact) mass is 210 g/mol. The van der Waals surface area contributed by atoms with Crippen LogP contribution in [0.3, 0.4) is 0 Å². The van der Waals surface area contributed by atoms with Crippen LogP contribution in [-0.4, -0.2) is 9.97 Å². The van der Waals surface area contributed by atoms with Gasteiger partial charge in [0.15, 0.2) is 11.2 Å². The van der Waals surface area contributed by atoms with E-state index < -0.39 is 0 Å². The lowest BCUT2D eigenvalue weighted by Gasteiger charge is -1.91. The van der Waals surface area contributed by atoms with E-state index in [4.69, 9.17) is 4.42 Å². The number of aryl methyl sites for hydroxylation is 1. The third-order valence-corrected chi connectivity index (χ3v) is 2.41. The van der Waals surface area contributed by atoms with Crippen molar-refractivity contribution in [1.82, 2.24) is 9.97 Å². The molecule has 0 saturated heterocycles. The molecule has 3 nitrogen and oxygen atoms in total. The van der Waals surface area contributed by atoms with E-state index in [-0.39, 0.29) is 0 Å². The quantitative estimate of drug-likeness (QED) is 0.619. The number of rotatable bonds is 1. The predicted molar refractivity (Wildman–Crippen MR) is 62.0 cm³/mol. The Hall–Kier alpha value is -2.16. The van der Waals surface area contributed by atoms with Gasteiger partial charge in [0.05, 0.1) is 0 Å². The first-order valence-electron chi connectivity index (χ1n) is 5.12. The molecule has 3 heteroatoms. The largest absolute Gasteiger partial charge is 0.434 e. The number of aromatic nitrogens is 2. The summed E-state index contributed by atoms with van der Waals surface area (Å²) < 4.78 is 5.64. The number of fused-ring (bicyclic) bond motifs is 1. The minimum Gasteiger partial charge on any atom is -0.434 e. The molecule has 3 rings (SSSR count). The average molecular weight is 210 g/mol. The summed E-state index contributed by atoms with van der Waals surface area (Å²) in [6, 6.07) is 13.6. The van der Waals surface area contributed by atoms with E-state index >= 15 is 0 Å². The number of pyridine rings is 1. The molecule has 0 N–H and O–H groups in total. The maximum absolute atomic E-state index is 5.64. The smallest absolute Gasteiger partial charge is 0.228 e. The van der Waals surface area contributed by atoms with Gasteiger partial charge in [0.2, 0.25) is 5.89 Å². The minimum atomic E-state index is 0.619. The van der Waals surface area contributed by atoms with Crippen LogP contribution in [-0.2, 0) is 0 Å². The van der Waals surface area contributed by atoms with Gasteiger partial charge in [-0.2, -0.15) is 4.98 Å². The summed E-state index contributed by atoms with van der Waals surface area (Å²) in [5.41, 5.74) is 3.31. The maximum atomic E-state index is 5.64. The number of benzene rings is 1. The third kappa shape index (κ3) is 1.46. The Bertz CT molecular complexity index is 629. The second-order valence-electron chi connectivity index (χ2n) is 3.66. The van der Waals surface area contributed by atoms with Crippen LogP contribution < -0.4 is 0 Å². The van der Waals surface area contributed by atoms with Crippen molar-refractivity contribution >= 4 is 11.2 Å². The number of oxazole rings is 1. The average Bonchev–Trinajstić information content (AvgIpc) is 2.73. The van der Waals surface area contributed by atoms with Gasteiger partial charge >= 0.3 is 0 Å². The fourth-order valence-electron chi connectivity index (χ4n) is 1.62. The zero-order valence-electron chi connectivity index (χ0n) is 8.84. The summed E-state index contributed by atoms with van der Waals surface area (Å²) in [4.78, 5) is 8.68. The highest BCUT2D eigenvalue weighted by atomic mass is 16.3. The zero-order valence-corrected chi connectivity index (χ0v) is 8.84. The fourth-order valence-corrected chi connectivity index (χ4v) is 1.62. The Balaban J connectivity index is 2.19. The lowest BCUT2D eigenvalue weighted by Crippen LogP contribution is -1.80. The number of hydrogen-bond donors (Lipinski definition) is 0. The summed E-state index contributed by atoms with van der Waals surface area (Å²) in [6.45, 7) is 1.94. The molecule has 2 heterocycles. The van der Waals surface area contributed by atoms with E-state index in [1.165, 1.54) is 0 Å². The minimum absolute atomic E-state index is 0.619. The standard InChI is InChI=1S/C13H10N2O/c1-9-7-8-11-12(14-9)15-13(16-11)10-5-3-2-4-6-10/h2-8H,1H3.